The van der Waals surface area contributed by atoms with Gasteiger partial charge in [-0.25, -0.2) is 4.98 Å². The van der Waals surface area contributed by atoms with Crippen LogP contribution in [0.25, 0.3) is 43.0 Å². The summed E-state index contributed by atoms with van der Waals surface area (Å²) >= 11 is 1.59. The van der Waals surface area contributed by atoms with Gasteiger partial charge in [-0.1, -0.05) is 60.7 Å². The van der Waals surface area contributed by atoms with Gasteiger partial charge in [-0.15, -0.1) is 11.3 Å². The smallest absolute Gasteiger partial charge is 0.258 e. The van der Waals surface area contributed by atoms with E-state index >= 15 is 0 Å². The molecule has 0 amide bonds. The van der Waals surface area contributed by atoms with Crippen LogP contribution in [0.4, 0.5) is 5.69 Å². The molecule has 5 rings (SSSR count). The third kappa shape index (κ3) is 3.60. The van der Waals surface area contributed by atoms with E-state index in [4.69, 9.17) is 4.98 Å². The molecular weight excluding hydrogens is 404 g/mol. The molecule has 0 aliphatic carbocycles. The second-order valence-corrected chi connectivity index (χ2v) is 8.40. The number of fused-ring (bicyclic) bond motifs is 1. The van der Waals surface area contributed by atoms with Crippen LogP contribution in [0.15, 0.2) is 91.0 Å². The van der Waals surface area contributed by atoms with E-state index in [1.807, 2.05) is 48.5 Å². The first-order valence-electron chi connectivity index (χ1n) is 9.91. The lowest BCUT2D eigenvalue weighted by molar-refractivity contribution is -0.384. The van der Waals surface area contributed by atoms with Gasteiger partial charge in [-0.3, -0.25) is 10.1 Å². The zero-order valence-electron chi connectivity index (χ0n) is 16.8. The summed E-state index contributed by atoms with van der Waals surface area (Å²) in [5.41, 5.74) is 7.15. The summed E-state index contributed by atoms with van der Waals surface area (Å²) in [6.07, 6.45) is 0. The Bertz CT molecular complexity index is 1390. The van der Waals surface area contributed by atoms with E-state index in [2.05, 4.69) is 31.2 Å². The van der Waals surface area contributed by atoms with E-state index in [0.717, 1.165) is 37.5 Å². The molecule has 0 aliphatic rings. The third-order valence-corrected chi connectivity index (χ3v) is 6.46. The number of nitro groups is 1. The van der Waals surface area contributed by atoms with Crippen molar-refractivity contribution in [1.82, 2.24) is 4.98 Å². The molecule has 0 aliphatic heterocycles. The predicted octanol–water partition coefficient (Wildman–Crippen LogP) is 7.51. The number of hydrogen-bond acceptors (Lipinski definition) is 4. The molecule has 0 N–H and O–H groups in total. The normalized spacial score (nSPS) is 11.0. The Kier molecular flexibility index (Phi) is 4.81. The van der Waals surface area contributed by atoms with Gasteiger partial charge >= 0.3 is 0 Å². The average molecular weight is 423 g/mol. The lowest BCUT2D eigenvalue weighted by Gasteiger charge is -2.10. The SMILES string of the molecule is Cc1ccccc1-c1ccc(-c2cc([N+](=O)[O-])ccc2-c2nc3ccccc3s2)cc1. The van der Waals surface area contributed by atoms with Gasteiger partial charge in [0.2, 0.25) is 0 Å². The van der Waals surface area contributed by atoms with Crippen LogP contribution in [0.3, 0.4) is 0 Å². The van der Waals surface area contributed by atoms with E-state index < -0.39 is 0 Å². The number of nitrogens with zero attached hydrogens (tertiary/aromatic N) is 2. The Morgan fingerprint density at radius 2 is 1.45 bits per heavy atom. The number of aromatic nitrogens is 1. The van der Waals surface area contributed by atoms with Crippen LogP contribution >= 0.6 is 11.3 Å². The van der Waals surface area contributed by atoms with Crippen molar-refractivity contribution < 1.29 is 4.92 Å². The number of nitro benzene ring substituents is 1. The molecule has 150 valence electrons. The molecular formula is C26H18N2O2S. The summed E-state index contributed by atoms with van der Waals surface area (Å²) in [5.74, 6) is 0. The van der Waals surface area contributed by atoms with Crippen LogP contribution < -0.4 is 0 Å². The van der Waals surface area contributed by atoms with Crippen molar-refractivity contribution in [2.75, 3.05) is 0 Å². The summed E-state index contributed by atoms with van der Waals surface area (Å²) < 4.78 is 1.09. The third-order valence-electron chi connectivity index (χ3n) is 5.39. The van der Waals surface area contributed by atoms with E-state index in [1.165, 1.54) is 11.1 Å². The Hall–Kier alpha value is -3.83. The molecule has 0 saturated carbocycles. The Labute approximate surface area is 183 Å². The maximum absolute atomic E-state index is 11.4. The highest BCUT2D eigenvalue weighted by molar-refractivity contribution is 7.21. The van der Waals surface area contributed by atoms with Crippen molar-refractivity contribution in [3.05, 3.63) is 107 Å². The molecule has 0 unspecified atom stereocenters. The van der Waals surface area contributed by atoms with Gasteiger partial charge in [0.1, 0.15) is 5.01 Å². The number of thiazole rings is 1. The zero-order valence-corrected chi connectivity index (χ0v) is 17.6. The van der Waals surface area contributed by atoms with Crippen molar-refractivity contribution in [3.63, 3.8) is 0 Å². The molecule has 0 bridgehead atoms. The lowest BCUT2D eigenvalue weighted by Crippen LogP contribution is -1.91. The fourth-order valence-corrected chi connectivity index (χ4v) is 4.79. The molecule has 5 heteroatoms. The van der Waals surface area contributed by atoms with Crippen molar-refractivity contribution in [1.29, 1.82) is 0 Å². The summed E-state index contributed by atoms with van der Waals surface area (Å²) in [6.45, 7) is 2.09. The number of aryl methyl sites for hydroxylation is 1. The monoisotopic (exact) mass is 422 g/mol. The van der Waals surface area contributed by atoms with Gasteiger partial charge < -0.3 is 0 Å². The first kappa shape index (κ1) is 19.2. The molecule has 4 nitrogen and oxygen atoms in total. The van der Waals surface area contributed by atoms with Gasteiger partial charge in [0.05, 0.1) is 15.1 Å². The van der Waals surface area contributed by atoms with Crippen LogP contribution in [-0.4, -0.2) is 9.91 Å². The fraction of sp³-hybridized carbons (Fsp3) is 0.0385. The van der Waals surface area contributed by atoms with Gasteiger partial charge in [0.25, 0.3) is 5.69 Å². The van der Waals surface area contributed by atoms with Gasteiger partial charge in [0, 0.05) is 17.7 Å². The predicted molar refractivity (Wildman–Crippen MR) is 127 cm³/mol. The molecule has 0 radical (unpaired) electrons. The second kappa shape index (κ2) is 7.78. The van der Waals surface area contributed by atoms with E-state index in [1.54, 1.807) is 29.5 Å². The molecule has 1 heterocycles. The number of rotatable bonds is 4. The van der Waals surface area contributed by atoms with Gasteiger partial charge in [-0.2, -0.15) is 0 Å². The van der Waals surface area contributed by atoms with Crippen molar-refractivity contribution >= 4 is 27.2 Å². The summed E-state index contributed by atoms with van der Waals surface area (Å²) in [4.78, 5) is 15.9. The Balaban J connectivity index is 1.64. The van der Waals surface area contributed by atoms with E-state index in [-0.39, 0.29) is 10.6 Å². The summed E-state index contributed by atoms with van der Waals surface area (Å²) in [7, 11) is 0. The topological polar surface area (TPSA) is 56.0 Å². The summed E-state index contributed by atoms with van der Waals surface area (Å²) in [5, 5.41) is 12.3. The number of benzene rings is 4. The summed E-state index contributed by atoms with van der Waals surface area (Å²) in [6, 6.07) is 29.4. The molecule has 0 spiro atoms. The van der Waals surface area contributed by atoms with Crippen LogP contribution in [0, 0.1) is 17.0 Å². The zero-order chi connectivity index (χ0) is 21.4. The van der Waals surface area contributed by atoms with Crippen LogP contribution in [-0.2, 0) is 0 Å². The van der Waals surface area contributed by atoms with Crippen molar-refractivity contribution in [2.45, 2.75) is 6.92 Å². The van der Waals surface area contributed by atoms with Crippen LogP contribution in [0.5, 0.6) is 0 Å². The van der Waals surface area contributed by atoms with Crippen molar-refractivity contribution in [2.24, 2.45) is 0 Å². The van der Waals surface area contributed by atoms with Crippen LogP contribution in [0.2, 0.25) is 0 Å². The fourth-order valence-electron chi connectivity index (χ4n) is 3.78. The second-order valence-electron chi connectivity index (χ2n) is 7.37. The largest absolute Gasteiger partial charge is 0.270 e. The quantitative estimate of drug-likeness (QED) is 0.222. The van der Waals surface area contributed by atoms with E-state index in [9.17, 15) is 10.1 Å². The van der Waals surface area contributed by atoms with Crippen LogP contribution in [0.1, 0.15) is 5.56 Å². The molecule has 4 aromatic carbocycles. The highest BCUT2D eigenvalue weighted by atomic mass is 32.1. The molecule has 5 aromatic rings. The molecule has 0 atom stereocenters. The van der Waals surface area contributed by atoms with Gasteiger partial charge in [0.15, 0.2) is 0 Å². The average Bonchev–Trinajstić information content (AvgIpc) is 3.23. The number of hydrogen-bond donors (Lipinski definition) is 0. The van der Waals surface area contributed by atoms with Crippen molar-refractivity contribution in [3.8, 4) is 32.8 Å². The first-order valence-corrected chi connectivity index (χ1v) is 10.7. The first-order chi connectivity index (χ1) is 15.1. The maximum Gasteiger partial charge on any atom is 0.270 e. The molecule has 1 aromatic heterocycles. The van der Waals surface area contributed by atoms with E-state index in [0.29, 0.717) is 0 Å². The lowest BCUT2D eigenvalue weighted by atomic mass is 9.95. The Morgan fingerprint density at radius 3 is 2.16 bits per heavy atom. The molecule has 0 saturated heterocycles. The highest BCUT2D eigenvalue weighted by Crippen LogP contribution is 2.39. The number of non-ortho nitro benzene ring substituents is 1. The Morgan fingerprint density at radius 1 is 0.774 bits per heavy atom. The van der Waals surface area contributed by atoms with Gasteiger partial charge in [-0.05, 0) is 52.9 Å². The standard InChI is InChI=1S/C26H18N2O2S/c1-17-6-2-3-7-21(17)18-10-12-19(13-11-18)23-16-20(28(29)30)14-15-22(23)26-27-24-8-4-5-9-25(24)31-26/h2-16H,1H3. The highest BCUT2D eigenvalue weighted by Gasteiger charge is 2.17. The number of para-hydroxylation sites is 1. The molecule has 31 heavy (non-hydrogen) atoms. The molecule has 0 fully saturated rings. The minimum absolute atomic E-state index is 0.0721. The minimum Gasteiger partial charge on any atom is -0.258 e. The minimum atomic E-state index is -0.354. The maximum atomic E-state index is 11.4.